The molecule has 1 amide bonds. The molecule has 7 nitrogen and oxygen atoms in total. The molecule has 1 fully saturated rings. The van der Waals surface area contributed by atoms with Gasteiger partial charge in [0.2, 0.25) is 0 Å². The maximum absolute atomic E-state index is 12.5. The van der Waals surface area contributed by atoms with Gasteiger partial charge in [-0.3, -0.25) is 9.69 Å². The normalized spacial score (nSPS) is 15.2. The van der Waals surface area contributed by atoms with E-state index < -0.39 is 9.84 Å². The van der Waals surface area contributed by atoms with Gasteiger partial charge in [-0.1, -0.05) is 12.1 Å². The summed E-state index contributed by atoms with van der Waals surface area (Å²) in [7, 11) is -1.96. The number of carbonyl (C=O) groups is 1. The van der Waals surface area contributed by atoms with Gasteiger partial charge < -0.3 is 14.8 Å². The van der Waals surface area contributed by atoms with Crippen LogP contribution in [-0.2, 0) is 25.9 Å². The van der Waals surface area contributed by atoms with Crippen LogP contribution in [0.15, 0.2) is 53.4 Å². The van der Waals surface area contributed by atoms with E-state index in [0.717, 1.165) is 38.4 Å². The van der Waals surface area contributed by atoms with Gasteiger partial charge in [-0.05, 0) is 42.0 Å². The van der Waals surface area contributed by atoms with Crippen molar-refractivity contribution in [2.45, 2.75) is 11.4 Å². The zero-order valence-corrected chi connectivity index (χ0v) is 17.3. The summed E-state index contributed by atoms with van der Waals surface area (Å²) in [6, 6.07) is 13.7. The van der Waals surface area contributed by atoms with E-state index in [4.69, 9.17) is 9.47 Å². The third-order valence-electron chi connectivity index (χ3n) is 4.73. The van der Waals surface area contributed by atoms with Crippen LogP contribution in [0.25, 0.3) is 0 Å². The summed E-state index contributed by atoms with van der Waals surface area (Å²) in [6.45, 7) is 4.22. The highest BCUT2D eigenvalue weighted by molar-refractivity contribution is 7.91. The summed E-state index contributed by atoms with van der Waals surface area (Å²) < 4.78 is 34.5. The van der Waals surface area contributed by atoms with Gasteiger partial charge in [-0.25, -0.2) is 8.42 Å². The predicted molar refractivity (Wildman–Crippen MR) is 111 cm³/mol. The molecule has 3 rings (SSSR count). The number of amides is 1. The molecule has 8 heteroatoms. The average molecular weight is 419 g/mol. The minimum atomic E-state index is -3.41. The van der Waals surface area contributed by atoms with Gasteiger partial charge in [0, 0.05) is 38.0 Å². The molecule has 0 spiro atoms. The van der Waals surface area contributed by atoms with Gasteiger partial charge in [0.15, 0.2) is 9.84 Å². The molecule has 1 N–H and O–H groups in total. The van der Waals surface area contributed by atoms with Crippen molar-refractivity contribution in [2.24, 2.45) is 0 Å². The van der Waals surface area contributed by atoms with Crippen molar-refractivity contribution in [2.75, 3.05) is 51.1 Å². The Kier molecular flexibility index (Phi) is 7.38. The number of morpholine rings is 1. The van der Waals surface area contributed by atoms with Crippen LogP contribution < -0.4 is 5.32 Å². The zero-order chi connectivity index (χ0) is 20.7. The number of sulfone groups is 1. The third kappa shape index (κ3) is 6.11. The van der Waals surface area contributed by atoms with Crippen LogP contribution in [-0.4, -0.2) is 65.0 Å². The van der Waals surface area contributed by atoms with Crippen molar-refractivity contribution in [3.05, 3.63) is 59.7 Å². The number of anilines is 1. The monoisotopic (exact) mass is 418 g/mol. The largest absolute Gasteiger partial charge is 0.384 e. The fraction of sp³-hybridized carbons (Fsp3) is 0.381. The van der Waals surface area contributed by atoms with Gasteiger partial charge in [-0.15, -0.1) is 0 Å². The molecule has 2 aromatic rings. The second kappa shape index (κ2) is 9.98. The Morgan fingerprint density at radius 3 is 2.55 bits per heavy atom. The number of methoxy groups -OCH3 is 1. The first-order valence-corrected chi connectivity index (χ1v) is 11.2. The van der Waals surface area contributed by atoms with Crippen molar-refractivity contribution in [3.8, 4) is 0 Å². The molecule has 1 heterocycles. The number of hydrogen-bond acceptors (Lipinski definition) is 6. The van der Waals surface area contributed by atoms with E-state index in [0.29, 0.717) is 11.3 Å². The summed E-state index contributed by atoms with van der Waals surface area (Å²) >= 11 is 0. The Morgan fingerprint density at radius 2 is 1.86 bits per heavy atom. The highest BCUT2D eigenvalue weighted by atomic mass is 32.2. The molecule has 1 saturated heterocycles. The molecule has 1 aliphatic heterocycles. The number of nitrogens with one attached hydrogen (secondary N) is 1. The van der Waals surface area contributed by atoms with Crippen molar-refractivity contribution < 1.29 is 22.7 Å². The number of rotatable bonds is 8. The molecule has 0 aliphatic carbocycles. The minimum Gasteiger partial charge on any atom is -0.384 e. The second-order valence-electron chi connectivity index (χ2n) is 6.88. The Hall–Kier alpha value is -2.26. The molecule has 0 atom stereocenters. The zero-order valence-electron chi connectivity index (χ0n) is 16.5. The van der Waals surface area contributed by atoms with E-state index in [-0.39, 0.29) is 23.2 Å². The van der Waals surface area contributed by atoms with E-state index in [1.54, 1.807) is 0 Å². The first-order valence-electron chi connectivity index (χ1n) is 9.50. The maximum atomic E-state index is 12.5. The summed E-state index contributed by atoms with van der Waals surface area (Å²) in [5.74, 6) is -0.375. The van der Waals surface area contributed by atoms with Crippen molar-refractivity contribution in [3.63, 3.8) is 0 Å². The summed E-state index contributed by atoms with van der Waals surface area (Å²) in [5.41, 5.74) is 2.22. The Bertz CT molecular complexity index is 922. The topological polar surface area (TPSA) is 84.9 Å². The highest BCUT2D eigenvalue weighted by Crippen LogP contribution is 2.17. The molecule has 0 unspecified atom stereocenters. The maximum Gasteiger partial charge on any atom is 0.255 e. The summed E-state index contributed by atoms with van der Waals surface area (Å²) in [4.78, 5) is 15.0. The minimum absolute atomic E-state index is 0.0923. The van der Waals surface area contributed by atoms with Crippen molar-refractivity contribution in [1.29, 1.82) is 0 Å². The van der Waals surface area contributed by atoms with Crippen molar-refractivity contribution >= 4 is 21.4 Å². The Labute approximate surface area is 171 Å². The van der Waals surface area contributed by atoms with E-state index in [9.17, 15) is 13.2 Å². The average Bonchev–Trinajstić information content (AvgIpc) is 2.73. The van der Waals surface area contributed by atoms with Gasteiger partial charge >= 0.3 is 0 Å². The Morgan fingerprint density at radius 1 is 1.14 bits per heavy atom. The molecule has 0 radical (unpaired) electrons. The number of benzene rings is 2. The third-order valence-corrected chi connectivity index (χ3v) is 6.42. The highest BCUT2D eigenvalue weighted by Gasteiger charge is 2.15. The predicted octanol–water partition coefficient (Wildman–Crippen LogP) is 2.19. The van der Waals surface area contributed by atoms with E-state index in [1.165, 1.54) is 31.4 Å². The molecule has 0 bridgehead atoms. The number of nitrogens with zero attached hydrogens (tertiary/aromatic N) is 1. The molecular weight excluding hydrogens is 392 g/mol. The van der Waals surface area contributed by atoms with Gasteiger partial charge in [0.1, 0.15) is 0 Å². The van der Waals surface area contributed by atoms with Gasteiger partial charge in [0.25, 0.3) is 5.91 Å². The van der Waals surface area contributed by atoms with E-state index >= 15 is 0 Å². The number of carbonyl (C=O) groups excluding carboxylic acids is 1. The second-order valence-corrected chi connectivity index (χ2v) is 8.99. The molecule has 29 heavy (non-hydrogen) atoms. The van der Waals surface area contributed by atoms with Crippen LogP contribution in [0.4, 0.5) is 5.69 Å². The summed E-state index contributed by atoms with van der Waals surface area (Å²) in [5, 5.41) is 2.88. The number of ether oxygens (including phenoxy) is 2. The molecule has 0 saturated carbocycles. The lowest BCUT2D eigenvalue weighted by Gasteiger charge is -2.26. The van der Waals surface area contributed by atoms with Crippen LogP contribution in [0.2, 0.25) is 0 Å². The lowest BCUT2D eigenvalue weighted by atomic mass is 10.1. The van der Waals surface area contributed by atoms with Crippen LogP contribution in [0.1, 0.15) is 15.9 Å². The SMILES string of the molecule is COCCS(=O)(=O)c1ccc(C(=O)Nc2cccc(CN3CCOCC3)c2)cc1. The molecular formula is C21H26N2O5S. The standard InChI is InChI=1S/C21H26N2O5S/c1-27-13-14-29(25,26)20-7-5-18(6-8-20)21(24)22-19-4-2-3-17(15-19)16-23-9-11-28-12-10-23/h2-8,15H,9-14,16H2,1H3,(H,22,24). The van der Waals surface area contributed by atoms with Gasteiger partial charge in [-0.2, -0.15) is 0 Å². The van der Waals surface area contributed by atoms with Crippen molar-refractivity contribution in [1.82, 2.24) is 4.90 Å². The molecule has 156 valence electrons. The van der Waals surface area contributed by atoms with E-state index in [2.05, 4.69) is 10.2 Å². The smallest absolute Gasteiger partial charge is 0.255 e. The van der Waals surface area contributed by atoms with Gasteiger partial charge in [0.05, 0.1) is 30.5 Å². The Balaban J connectivity index is 1.63. The molecule has 0 aromatic heterocycles. The van der Waals surface area contributed by atoms with Crippen LogP contribution in [0.3, 0.4) is 0 Å². The first-order chi connectivity index (χ1) is 14.0. The van der Waals surface area contributed by atoms with Crippen LogP contribution >= 0.6 is 0 Å². The van der Waals surface area contributed by atoms with Crippen LogP contribution in [0.5, 0.6) is 0 Å². The molecule has 2 aromatic carbocycles. The fourth-order valence-corrected chi connectivity index (χ4v) is 4.27. The number of hydrogen-bond donors (Lipinski definition) is 1. The quantitative estimate of drug-likeness (QED) is 0.707. The lowest BCUT2D eigenvalue weighted by molar-refractivity contribution is 0.0342. The summed E-state index contributed by atoms with van der Waals surface area (Å²) in [6.07, 6.45) is 0. The van der Waals surface area contributed by atoms with E-state index in [1.807, 2.05) is 24.3 Å². The fourth-order valence-electron chi connectivity index (χ4n) is 3.09. The molecule has 1 aliphatic rings. The first kappa shape index (κ1) is 21.4. The van der Waals surface area contributed by atoms with Crippen LogP contribution in [0, 0.1) is 0 Å². The lowest BCUT2D eigenvalue weighted by Crippen LogP contribution is -2.35.